The van der Waals surface area contributed by atoms with Gasteiger partial charge in [-0.25, -0.2) is 4.68 Å². The maximum atomic E-state index is 12.5. The van der Waals surface area contributed by atoms with Crippen LogP contribution < -0.4 is 5.32 Å². The van der Waals surface area contributed by atoms with Gasteiger partial charge in [0.05, 0.1) is 28.3 Å². The number of hydrogen-bond donors (Lipinski definition) is 1. The van der Waals surface area contributed by atoms with Crippen LogP contribution in [0.4, 0.5) is 11.5 Å². The van der Waals surface area contributed by atoms with E-state index in [1.165, 1.54) is 12.1 Å². The SMILES string of the molecule is Cc1ccc(Cn2nccc2NC(=O)c2ccc([N+](=O)[O-])cc2Cl)cc1. The van der Waals surface area contributed by atoms with E-state index in [0.717, 1.165) is 17.2 Å². The van der Waals surface area contributed by atoms with Crippen LogP contribution in [-0.2, 0) is 6.54 Å². The number of anilines is 1. The number of halogens is 1. The van der Waals surface area contributed by atoms with Gasteiger partial charge in [0.15, 0.2) is 0 Å². The second-order valence-electron chi connectivity index (χ2n) is 5.74. The Bertz CT molecular complexity index is 967. The molecule has 0 aliphatic rings. The second kappa shape index (κ2) is 7.37. The smallest absolute Gasteiger partial charge is 0.270 e. The van der Waals surface area contributed by atoms with Crippen molar-refractivity contribution in [2.75, 3.05) is 5.32 Å². The Kier molecular flexibility index (Phi) is 4.99. The van der Waals surface area contributed by atoms with E-state index in [1.807, 2.05) is 31.2 Å². The predicted octanol–water partition coefficient (Wildman–Crippen LogP) is 4.05. The molecule has 0 saturated carbocycles. The number of nitrogens with zero attached hydrogens (tertiary/aromatic N) is 3. The summed E-state index contributed by atoms with van der Waals surface area (Å²) in [6, 6.07) is 13.4. The first-order chi connectivity index (χ1) is 12.4. The van der Waals surface area contributed by atoms with Crippen molar-refractivity contribution in [3.63, 3.8) is 0 Å². The van der Waals surface area contributed by atoms with E-state index in [-0.39, 0.29) is 16.3 Å². The number of aryl methyl sites for hydroxylation is 1. The predicted molar refractivity (Wildman–Crippen MR) is 98.6 cm³/mol. The molecule has 3 aromatic rings. The second-order valence-corrected chi connectivity index (χ2v) is 6.14. The number of rotatable bonds is 5. The molecule has 0 radical (unpaired) electrons. The Balaban J connectivity index is 1.77. The third kappa shape index (κ3) is 3.89. The molecule has 0 aliphatic heterocycles. The fourth-order valence-electron chi connectivity index (χ4n) is 2.42. The van der Waals surface area contributed by atoms with Crippen molar-refractivity contribution in [1.29, 1.82) is 0 Å². The van der Waals surface area contributed by atoms with Gasteiger partial charge in [-0.3, -0.25) is 14.9 Å². The van der Waals surface area contributed by atoms with Crippen molar-refractivity contribution in [1.82, 2.24) is 9.78 Å². The number of carbonyl (C=O) groups is 1. The summed E-state index contributed by atoms with van der Waals surface area (Å²) in [4.78, 5) is 22.7. The van der Waals surface area contributed by atoms with Gasteiger partial charge in [-0.2, -0.15) is 5.10 Å². The lowest BCUT2D eigenvalue weighted by Crippen LogP contribution is -2.16. The molecule has 7 nitrogen and oxygen atoms in total. The zero-order valence-electron chi connectivity index (χ0n) is 13.8. The zero-order valence-corrected chi connectivity index (χ0v) is 14.6. The molecule has 0 fully saturated rings. The first-order valence-corrected chi connectivity index (χ1v) is 8.14. The monoisotopic (exact) mass is 370 g/mol. The highest BCUT2D eigenvalue weighted by Gasteiger charge is 2.16. The topological polar surface area (TPSA) is 90.1 Å². The van der Waals surface area contributed by atoms with E-state index in [4.69, 9.17) is 11.6 Å². The lowest BCUT2D eigenvalue weighted by molar-refractivity contribution is -0.384. The molecule has 8 heteroatoms. The third-order valence-electron chi connectivity index (χ3n) is 3.82. The summed E-state index contributed by atoms with van der Waals surface area (Å²) < 4.78 is 1.65. The Hall–Kier alpha value is -3.19. The van der Waals surface area contributed by atoms with Crippen LogP contribution in [0, 0.1) is 17.0 Å². The van der Waals surface area contributed by atoms with E-state index in [0.29, 0.717) is 12.4 Å². The number of nitro benzene ring substituents is 1. The minimum atomic E-state index is -0.565. The summed E-state index contributed by atoms with van der Waals surface area (Å²) in [6.07, 6.45) is 1.58. The first-order valence-electron chi connectivity index (χ1n) is 7.76. The Morgan fingerprint density at radius 3 is 2.62 bits per heavy atom. The van der Waals surface area contributed by atoms with Crippen LogP contribution in [-0.4, -0.2) is 20.6 Å². The van der Waals surface area contributed by atoms with E-state index < -0.39 is 10.8 Å². The summed E-state index contributed by atoms with van der Waals surface area (Å²) in [6.45, 7) is 2.51. The van der Waals surface area contributed by atoms with Gasteiger partial charge in [0, 0.05) is 18.2 Å². The molecule has 0 aliphatic carbocycles. The van der Waals surface area contributed by atoms with E-state index in [2.05, 4.69) is 10.4 Å². The average molecular weight is 371 g/mol. The Labute approximate surface area is 154 Å². The van der Waals surface area contributed by atoms with Crippen molar-refractivity contribution in [2.45, 2.75) is 13.5 Å². The molecular formula is C18H15ClN4O3. The molecule has 1 aromatic heterocycles. The van der Waals surface area contributed by atoms with Crippen LogP contribution in [0.25, 0.3) is 0 Å². The molecule has 2 aromatic carbocycles. The molecule has 0 saturated heterocycles. The molecule has 26 heavy (non-hydrogen) atoms. The zero-order chi connectivity index (χ0) is 18.7. The Morgan fingerprint density at radius 2 is 1.96 bits per heavy atom. The molecule has 1 heterocycles. The molecule has 0 atom stereocenters. The number of aromatic nitrogens is 2. The van der Waals surface area contributed by atoms with Gasteiger partial charge in [0.2, 0.25) is 0 Å². The average Bonchev–Trinajstić information content (AvgIpc) is 3.03. The van der Waals surface area contributed by atoms with Crippen molar-refractivity contribution < 1.29 is 9.72 Å². The number of non-ortho nitro benzene ring substituents is 1. The maximum absolute atomic E-state index is 12.5. The largest absolute Gasteiger partial charge is 0.307 e. The summed E-state index contributed by atoms with van der Waals surface area (Å²) >= 11 is 6.01. The van der Waals surface area contributed by atoms with Crippen LogP contribution >= 0.6 is 11.6 Å². The summed E-state index contributed by atoms with van der Waals surface area (Å²) in [5.41, 5.74) is 2.19. The van der Waals surface area contributed by atoms with Gasteiger partial charge in [-0.15, -0.1) is 0 Å². The highest BCUT2D eigenvalue weighted by molar-refractivity contribution is 6.34. The van der Waals surface area contributed by atoms with Gasteiger partial charge in [-0.1, -0.05) is 41.4 Å². The molecule has 0 bridgehead atoms. The molecular weight excluding hydrogens is 356 g/mol. The molecule has 132 valence electrons. The van der Waals surface area contributed by atoms with Gasteiger partial charge in [0.1, 0.15) is 5.82 Å². The Morgan fingerprint density at radius 1 is 1.23 bits per heavy atom. The summed E-state index contributed by atoms with van der Waals surface area (Å²) in [7, 11) is 0. The maximum Gasteiger partial charge on any atom is 0.270 e. The van der Waals surface area contributed by atoms with E-state index in [1.54, 1.807) is 16.9 Å². The van der Waals surface area contributed by atoms with Crippen molar-refractivity contribution in [2.24, 2.45) is 0 Å². The van der Waals surface area contributed by atoms with Crippen molar-refractivity contribution >= 4 is 29.0 Å². The first kappa shape index (κ1) is 17.6. The molecule has 3 rings (SSSR count). The van der Waals surface area contributed by atoms with Crippen LogP contribution in [0.15, 0.2) is 54.7 Å². The quantitative estimate of drug-likeness (QED) is 0.541. The number of benzene rings is 2. The van der Waals surface area contributed by atoms with Crippen LogP contribution in [0.2, 0.25) is 5.02 Å². The van der Waals surface area contributed by atoms with Gasteiger partial charge in [0.25, 0.3) is 11.6 Å². The fraction of sp³-hybridized carbons (Fsp3) is 0.111. The van der Waals surface area contributed by atoms with E-state index in [9.17, 15) is 14.9 Å². The van der Waals surface area contributed by atoms with Crippen molar-refractivity contribution in [3.05, 3.63) is 86.6 Å². The number of amides is 1. The number of carbonyl (C=O) groups excluding carboxylic acids is 1. The normalized spacial score (nSPS) is 10.5. The van der Waals surface area contributed by atoms with Crippen LogP contribution in [0.5, 0.6) is 0 Å². The highest BCUT2D eigenvalue weighted by atomic mass is 35.5. The molecule has 0 spiro atoms. The number of nitrogens with one attached hydrogen (secondary N) is 1. The highest BCUT2D eigenvalue weighted by Crippen LogP contribution is 2.23. The third-order valence-corrected chi connectivity index (χ3v) is 4.13. The van der Waals surface area contributed by atoms with Crippen molar-refractivity contribution in [3.8, 4) is 0 Å². The lowest BCUT2D eigenvalue weighted by Gasteiger charge is -2.10. The minimum Gasteiger partial charge on any atom is -0.307 e. The van der Waals surface area contributed by atoms with Gasteiger partial charge < -0.3 is 5.32 Å². The number of hydrogen-bond acceptors (Lipinski definition) is 4. The van der Waals surface area contributed by atoms with Crippen LogP contribution in [0.3, 0.4) is 0 Å². The van der Waals surface area contributed by atoms with Crippen LogP contribution in [0.1, 0.15) is 21.5 Å². The standard InChI is InChI=1S/C18H15ClN4O3/c1-12-2-4-13(5-3-12)11-22-17(8-9-20-22)21-18(24)15-7-6-14(23(25)26)10-16(15)19/h2-10H,11H2,1H3,(H,21,24). The summed E-state index contributed by atoms with van der Waals surface area (Å²) in [5.74, 6) is 0.0422. The molecule has 0 unspecified atom stereocenters. The lowest BCUT2D eigenvalue weighted by atomic mass is 10.1. The molecule has 1 N–H and O–H groups in total. The minimum absolute atomic E-state index is 0.0151. The van der Waals surface area contributed by atoms with E-state index >= 15 is 0 Å². The van der Waals surface area contributed by atoms with Gasteiger partial charge in [-0.05, 0) is 18.6 Å². The van der Waals surface area contributed by atoms with Gasteiger partial charge >= 0.3 is 0 Å². The summed E-state index contributed by atoms with van der Waals surface area (Å²) in [5, 5.41) is 17.7. The molecule has 1 amide bonds. The fourth-order valence-corrected chi connectivity index (χ4v) is 2.68. The number of nitro groups is 1.